The highest BCUT2D eigenvalue weighted by atomic mass is 31.2. The van der Waals surface area contributed by atoms with E-state index < -0.39 is 37.9 Å². The standard InChI is InChI=1S/C38H45O8P/c1-3-44-47(39,45-4-2)38-37(43-28-33-23-15-8-16-24-33)36(42-27-32-21-13-7-14-22-32)35(41-26-31-19-11-6-12-20-31)34(46-38)29-40-25-30-17-9-5-10-18-30/h5-24,34-38H,3-4,25-29H2,1-2H3/t34-,35-,36+,37-,38-/m1/s1. The minimum atomic E-state index is -3.87. The zero-order valence-corrected chi connectivity index (χ0v) is 28.0. The van der Waals surface area contributed by atoms with E-state index in [0.717, 1.165) is 22.3 Å². The lowest BCUT2D eigenvalue weighted by Crippen LogP contribution is -2.61. The Hall–Kier alpha value is -3.17. The molecule has 1 aliphatic rings. The largest absolute Gasteiger partial charge is 0.374 e. The molecule has 0 bridgehead atoms. The van der Waals surface area contributed by atoms with Crippen molar-refractivity contribution in [1.29, 1.82) is 0 Å². The lowest BCUT2D eigenvalue weighted by Gasteiger charge is -2.47. The summed E-state index contributed by atoms with van der Waals surface area (Å²) in [4.78, 5) is 0. The van der Waals surface area contributed by atoms with Gasteiger partial charge in [-0.1, -0.05) is 121 Å². The molecule has 0 N–H and O–H groups in total. The van der Waals surface area contributed by atoms with E-state index in [-0.39, 0.29) is 33.0 Å². The average Bonchev–Trinajstić information content (AvgIpc) is 3.11. The molecule has 1 fully saturated rings. The predicted molar refractivity (Wildman–Crippen MR) is 181 cm³/mol. The first-order chi connectivity index (χ1) is 23.1. The van der Waals surface area contributed by atoms with E-state index in [0.29, 0.717) is 13.2 Å². The van der Waals surface area contributed by atoms with E-state index in [4.69, 9.17) is 32.7 Å². The normalized spacial score (nSPS) is 21.4. The maximum Gasteiger partial charge on any atom is 0.361 e. The Labute approximate surface area is 278 Å². The Kier molecular flexibility index (Phi) is 13.8. The van der Waals surface area contributed by atoms with Crippen molar-refractivity contribution in [2.45, 2.75) is 70.5 Å². The molecule has 0 spiro atoms. The van der Waals surface area contributed by atoms with Crippen LogP contribution in [0.3, 0.4) is 0 Å². The summed E-state index contributed by atoms with van der Waals surface area (Å²) < 4.78 is 59.3. The summed E-state index contributed by atoms with van der Waals surface area (Å²) in [6, 6.07) is 39.6. The van der Waals surface area contributed by atoms with Crippen LogP contribution in [0.4, 0.5) is 0 Å². The molecule has 1 heterocycles. The van der Waals surface area contributed by atoms with Crippen LogP contribution >= 0.6 is 7.60 Å². The van der Waals surface area contributed by atoms with E-state index in [9.17, 15) is 4.57 Å². The van der Waals surface area contributed by atoms with Crippen LogP contribution in [0.25, 0.3) is 0 Å². The third kappa shape index (κ3) is 10.2. The van der Waals surface area contributed by atoms with Gasteiger partial charge in [0.05, 0.1) is 46.2 Å². The van der Waals surface area contributed by atoms with Gasteiger partial charge in [-0.2, -0.15) is 0 Å². The quantitative estimate of drug-likeness (QED) is 0.0996. The molecule has 1 aliphatic heterocycles. The van der Waals surface area contributed by atoms with Crippen molar-refractivity contribution in [3.8, 4) is 0 Å². The van der Waals surface area contributed by atoms with Crippen LogP contribution in [0, 0.1) is 0 Å². The van der Waals surface area contributed by atoms with Gasteiger partial charge in [0.1, 0.15) is 24.4 Å². The maximum atomic E-state index is 14.6. The van der Waals surface area contributed by atoms with Crippen LogP contribution < -0.4 is 0 Å². The molecule has 8 nitrogen and oxygen atoms in total. The number of hydrogen-bond acceptors (Lipinski definition) is 8. The molecule has 250 valence electrons. The Balaban J connectivity index is 1.51. The zero-order valence-electron chi connectivity index (χ0n) is 27.1. The highest BCUT2D eigenvalue weighted by Gasteiger charge is 2.56. The third-order valence-corrected chi connectivity index (χ3v) is 10.1. The SMILES string of the molecule is CCOP(=O)(OCC)[C@H]1O[C@H](COCc2ccccc2)[C@@H](OCc2ccccc2)[C@H](OCc2ccccc2)[C@H]1OCc1ccccc1. The van der Waals surface area contributed by atoms with Crippen LogP contribution in [-0.4, -0.2) is 50.1 Å². The molecule has 5 rings (SSSR count). The van der Waals surface area contributed by atoms with Gasteiger partial charge in [0.25, 0.3) is 0 Å². The van der Waals surface area contributed by atoms with Gasteiger partial charge < -0.3 is 32.7 Å². The average molecular weight is 661 g/mol. The summed E-state index contributed by atoms with van der Waals surface area (Å²) in [5, 5.41) is 0. The minimum Gasteiger partial charge on any atom is -0.374 e. The summed E-state index contributed by atoms with van der Waals surface area (Å²) in [5.74, 6) is -1.10. The lowest BCUT2D eigenvalue weighted by atomic mass is 9.98. The molecule has 5 atom stereocenters. The minimum absolute atomic E-state index is 0.152. The molecule has 1 saturated heterocycles. The summed E-state index contributed by atoms with van der Waals surface area (Å²) in [6.07, 6.45) is -2.92. The third-order valence-electron chi connectivity index (χ3n) is 7.79. The highest BCUT2D eigenvalue weighted by Crippen LogP contribution is 2.58. The molecule has 9 heteroatoms. The number of ether oxygens (including phenoxy) is 5. The van der Waals surface area contributed by atoms with Crippen LogP contribution in [0.5, 0.6) is 0 Å². The van der Waals surface area contributed by atoms with Crippen LogP contribution in [0.2, 0.25) is 0 Å². The number of benzene rings is 4. The molecular formula is C38H45O8P. The van der Waals surface area contributed by atoms with Gasteiger partial charge in [0, 0.05) is 0 Å². The smallest absolute Gasteiger partial charge is 0.361 e. The maximum absolute atomic E-state index is 14.6. The van der Waals surface area contributed by atoms with Crippen molar-refractivity contribution in [2.75, 3.05) is 19.8 Å². The van der Waals surface area contributed by atoms with Gasteiger partial charge >= 0.3 is 7.60 Å². The lowest BCUT2D eigenvalue weighted by molar-refractivity contribution is -0.259. The molecule has 4 aromatic rings. The van der Waals surface area contributed by atoms with Crippen molar-refractivity contribution in [1.82, 2.24) is 0 Å². The summed E-state index contributed by atoms with van der Waals surface area (Å²) in [6.45, 7) is 5.24. The van der Waals surface area contributed by atoms with Gasteiger partial charge in [-0.05, 0) is 36.1 Å². The summed E-state index contributed by atoms with van der Waals surface area (Å²) >= 11 is 0. The fourth-order valence-electron chi connectivity index (χ4n) is 5.56. The van der Waals surface area contributed by atoms with Crippen molar-refractivity contribution >= 4 is 7.60 Å². The second-order valence-corrected chi connectivity index (χ2v) is 13.3. The van der Waals surface area contributed by atoms with Gasteiger partial charge in [0.2, 0.25) is 0 Å². The molecular weight excluding hydrogens is 615 g/mol. The second-order valence-electron chi connectivity index (χ2n) is 11.2. The Bertz CT molecular complexity index is 1470. The topological polar surface area (TPSA) is 81.7 Å². The Morgan fingerprint density at radius 3 is 1.34 bits per heavy atom. The van der Waals surface area contributed by atoms with Crippen molar-refractivity contribution in [3.63, 3.8) is 0 Å². The van der Waals surface area contributed by atoms with E-state index in [1.165, 1.54) is 0 Å². The fraction of sp³-hybridized carbons (Fsp3) is 0.368. The van der Waals surface area contributed by atoms with E-state index in [1.807, 2.05) is 121 Å². The fourth-order valence-corrected chi connectivity index (χ4v) is 7.57. The van der Waals surface area contributed by atoms with Crippen LogP contribution in [-0.2, 0) is 63.7 Å². The molecule has 0 aliphatic carbocycles. The zero-order chi connectivity index (χ0) is 32.7. The van der Waals surface area contributed by atoms with Gasteiger partial charge in [-0.25, -0.2) is 0 Å². The van der Waals surface area contributed by atoms with E-state index in [2.05, 4.69) is 0 Å². The van der Waals surface area contributed by atoms with Gasteiger partial charge in [-0.3, -0.25) is 4.57 Å². The van der Waals surface area contributed by atoms with Gasteiger partial charge in [0.15, 0.2) is 5.85 Å². The van der Waals surface area contributed by atoms with Crippen LogP contribution in [0.1, 0.15) is 36.1 Å². The first-order valence-corrected chi connectivity index (χ1v) is 17.8. The summed E-state index contributed by atoms with van der Waals surface area (Å²) in [5.41, 5.74) is 3.95. The van der Waals surface area contributed by atoms with Gasteiger partial charge in [-0.15, -0.1) is 0 Å². The van der Waals surface area contributed by atoms with E-state index >= 15 is 0 Å². The Morgan fingerprint density at radius 1 is 0.532 bits per heavy atom. The first kappa shape index (κ1) is 35.1. The van der Waals surface area contributed by atoms with Crippen LogP contribution in [0.15, 0.2) is 121 Å². The first-order valence-electron chi connectivity index (χ1n) is 16.2. The molecule has 47 heavy (non-hydrogen) atoms. The monoisotopic (exact) mass is 660 g/mol. The molecule has 0 saturated carbocycles. The highest BCUT2D eigenvalue weighted by molar-refractivity contribution is 7.54. The van der Waals surface area contributed by atoms with Crippen molar-refractivity contribution < 1.29 is 37.3 Å². The number of hydrogen-bond donors (Lipinski definition) is 0. The molecule has 4 aromatic carbocycles. The summed E-state index contributed by atoms with van der Waals surface area (Å²) in [7, 11) is -3.87. The molecule has 0 radical (unpaired) electrons. The number of rotatable bonds is 18. The Morgan fingerprint density at radius 2 is 0.915 bits per heavy atom. The van der Waals surface area contributed by atoms with Crippen molar-refractivity contribution in [3.05, 3.63) is 144 Å². The predicted octanol–water partition coefficient (Wildman–Crippen LogP) is 7.95. The molecule has 0 aromatic heterocycles. The second kappa shape index (κ2) is 18.4. The molecule has 0 amide bonds. The van der Waals surface area contributed by atoms with E-state index in [1.54, 1.807) is 13.8 Å². The molecule has 0 unspecified atom stereocenters. The van der Waals surface area contributed by atoms with Crippen molar-refractivity contribution in [2.24, 2.45) is 0 Å².